The number of halogens is 1. The van der Waals surface area contributed by atoms with Gasteiger partial charge >= 0.3 is 0 Å². The number of nitrogens with zero attached hydrogens (tertiary/aromatic N) is 3. The molecule has 0 saturated heterocycles. The number of benzene rings is 1. The second kappa shape index (κ2) is 5.27. The summed E-state index contributed by atoms with van der Waals surface area (Å²) in [6.45, 7) is 3.81. The summed E-state index contributed by atoms with van der Waals surface area (Å²) in [5, 5.41) is 1.19. The van der Waals surface area contributed by atoms with Gasteiger partial charge in [0.2, 0.25) is 5.95 Å². The van der Waals surface area contributed by atoms with Gasteiger partial charge in [-0.05, 0) is 11.6 Å². The molecule has 3 aromatic rings. The van der Waals surface area contributed by atoms with Gasteiger partial charge in [-0.2, -0.15) is 4.98 Å². The number of fused-ring (bicyclic) bond motifs is 1. The highest BCUT2D eigenvalue weighted by Crippen LogP contribution is 2.31. The van der Waals surface area contributed by atoms with Crippen LogP contribution in [0.5, 0.6) is 0 Å². The summed E-state index contributed by atoms with van der Waals surface area (Å²) in [4.78, 5) is 20.9. The average Bonchev–Trinajstić information content (AvgIpc) is 2.52. The molecule has 0 saturated carbocycles. The van der Waals surface area contributed by atoms with Crippen molar-refractivity contribution in [1.82, 2.24) is 14.5 Å². The summed E-state index contributed by atoms with van der Waals surface area (Å²) in [7, 11) is 1.64. The first-order valence-corrected chi connectivity index (χ1v) is 6.95. The van der Waals surface area contributed by atoms with Crippen molar-refractivity contribution < 1.29 is 0 Å². The normalized spacial score (nSPS) is 10.8. The van der Waals surface area contributed by atoms with E-state index >= 15 is 0 Å². The molecule has 0 atom stereocenters. The van der Waals surface area contributed by atoms with E-state index in [0.29, 0.717) is 32.7 Å². The molecule has 22 heavy (non-hydrogen) atoms. The van der Waals surface area contributed by atoms with E-state index in [4.69, 9.17) is 17.3 Å². The molecule has 0 aliphatic carbocycles. The molecule has 0 radical (unpaired) electrons. The molecule has 0 aliphatic heterocycles. The predicted molar refractivity (Wildman–Crippen MR) is 89.7 cm³/mol. The minimum Gasteiger partial charge on any atom is -0.368 e. The van der Waals surface area contributed by atoms with E-state index in [1.165, 1.54) is 4.57 Å². The van der Waals surface area contributed by atoms with Crippen molar-refractivity contribution in [3.63, 3.8) is 0 Å². The van der Waals surface area contributed by atoms with Gasteiger partial charge in [-0.1, -0.05) is 42.5 Å². The van der Waals surface area contributed by atoms with Gasteiger partial charge in [-0.3, -0.25) is 9.36 Å². The van der Waals surface area contributed by atoms with Gasteiger partial charge in [0.05, 0.1) is 5.56 Å². The quantitative estimate of drug-likeness (QED) is 0.789. The number of anilines is 1. The third kappa shape index (κ3) is 2.07. The minimum atomic E-state index is -0.214. The lowest BCUT2D eigenvalue weighted by Crippen LogP contribution is -2.22. The lowest BCUT2D eigenvalue weighted by molar-refractivity contribution is 0.887. The summed E-state index contributed by atoms with van der Waals surface area (Å²) in [5.41, 5.74) is 7.64. The Labute approximate surface area is 131 Å². The van der Waals surface area contributed by atoms with Crippen molar-refractivity contribution in [3.05, 3.63) is 58.0 Å². The van der Waals surface area contributed by atoms with Crippen LogP contribution in [0.15, 0.2) is 41.8 Å². The predicted octanol–water partition coefficient (Wildman–Crippen LogP) is 2.87. The maximum Gasteiger partial charge on any atom is 0.260 e. The lowest BCUT2D eigenvalue weighted by atomic mass is 9.99. The van der Waals surface area contributed by atoms with Gasteiger partial charge in [0.25, 0.3) is 5.56 Å². The van der Waals surface area contributed by atoms with Crippen LogP contribution >= 0.6 is 11.6 Å². The van der Waals surface area contributed by atoms with Gasteiger partial charge in [0.1, 0.15) is 5.65 Å². The van der Waals surface area contributed by atoms with E-state index in [1.54, 1.807) is 31.5 Å². The highest BCUT2D eigenvalue weighted by atomic mass is 35.5. The molecule has 0 spiro atoms. The molecule has 110 valence electrons. The fraction of sp³-hybridized carbons (Fsp3) is 0.0625. The number of pyridine rings is 1. The summed E-state index contributed by atoms with van der Waals surface area (Å²) < 4.78 is 1.44. The molecule has 0 aliphatic rings. The van der Waals surface area contributed by atoms with Gasteiger partial charge in [-0.25, -0.2) is 4.98 Å². The van der Waals surface area contributed by atoms with Gasteiger partial charge < -0.3 is 5.73 Å². The summed E-state index contributed by atoms with van der Waals surface area (Å²) in [6.07, 6.45) is 3.20. The Morgan fingerprint density at radius 3 is 2.77 bits per heavy atom. The Morgan fingerprint density at radius 1 is 1.36 bits per heavy atom. The molecular weight excluding hydrogens is 300 g/mol. The molecule has 2 aromatic heterocycles. The van der Waals surface area contributed by atoms with E-state index in [2.05, 4.69) is 16.5 Å². The van der Waals surface area contributed by atoms with Crippen LogP contribution in [-0.4, -0.2) is 14.5 Å². The van der Waals surface area contributed by atoms with E-state index in [0.717, 1.165) is 0 Å². The van der Waals surface area contributed by atoms with Gasteiger partial charge in [0, 0.05) is 29.2 Å². The van der Waals surface area contributed by atoms with Crippen molar-refractivity contribution in [1.29, 1.82) is 0 Å². The smallest absolute Gasteiger partial charge is 0.260 e. The van der Waals surface area contributed by atoms with Gasteiger partial charge in [-0.15, -0.1) is 0 Å². The van der Waals surface area contributed by atoms with Crippen LogP contribution in [0, 0.1) is 0 Å². The number of aromatic nitrogens is 3. The second-order valence-corrected chi connectivity index (χ2v) is 5.21. The summed E-state index contributed by atoms with van der Waals surface area (Å²) >= 11 is 6.25. The largest absolute Gasteiger partial charge is 0.368 e. The number of aryl methyl sites for hydroxylation is 1. The Bertz CT molecular complexity index is 962. The Balaban J connectivity index is 2.54. The number of hydrogen-bond acceptors (Lipinski definition) is 4. The highest BCUT2D eigenvalue weighted by molar-refractivity contribution is 6.33. The van der Waals surface area contributed by atoms with Crippen molar-refractivity contribution >= 4 is 34.7 Å². The second-order valence-electron chi connectivity index (χ2n) is 4.80. The summed E-state index contributed by atoms with van der Waals surface area (Å²) in [5.74, 6) is 0.114. The van der Waals surface area contributed by atoms with Crippen molar-refractivity contribution in [2.45, 2.75) is 0 Å². The highest BCUT2D eigenvalue weighted by Gasteiger charge is 2.18. The maximum absolute atomic E-state index is 12.8. The Hall–Kier alpha value is -2.66. The molecule has 3 rings (SSSR count). The zero-order valence-corrected chi connectivity index (χ0v) is 12.6. The fourth-order valence-electron chi connectivity index (χ4n) is 2.48. The SMILES string of the molecule is C=Cc1c(-c2ccccc2Cl)c(=O)n(C)c2nc(N)ncc12. The van der Waals surface area contributed by atoms with Crippen molar-refractivity contribution in [3.8, 4) is 11.1 Å². The topological polar surface area (TPSA) is 73.8 Å². The van der Waals surface area contributed by atoms with Crippen molar-refractivity contribution in [2.75, 3.05) is 5.73 Å². The first-order valence-electron chi connectivity index (χ1n) is 6.57. The molecule has 0 bridgehead atoms. The number of nitrogen functional groups attached to an aromatic ring is 1. The monoisotopic (exact) mass is 312 g/mol. The van der Waals surface area contributed by atoms with E-state index in [1.807, 2.05) is 12.1 Å². The lowest BCUT2D eigenvalue weighted by Gasteiger charge is -2.13. The fourth-order valence-corrected chi connectivity index (χ4v) is 2.71. The molecular formula is C16H13ClN4O. The zero-order valence-electron chi connectivity index (χ0n) is 11.9. The molecule has 1 aromatic carbocycles. The van der Waals surface area contributed by atoms with Crippen LogP contribution in [0.25, 0.3) is 28.2 Å². The first kappa shape index (κ1) is 14.3. The third-order valence-corrected chi connectivity index (χ3v) is 3.86. The van der Waals surface area contributed by atoms with Gasteiger partial charge in [0.15, 0.2) is 0 Å². The molecule has 0 unspecified atom stereocenters. The zero-order chi connectivity index (χ0) is 15.9. The van der Waals surface area contributed by atoms with E-state index in [-0.39, 0.29) is 11.5 Å². The first-order chi connectivity index (χ1) is 10.5. The molecule has 5 nitrogen and oxygen atoms in total. The molecule has 2 N–H and O–H groups in total. The molecule has 6 heteroatoms. The third-order valence-electron chi connectivity index (χ3n) is 3.53. The number of nitrogens with two attached hydrogens (primary N) is 1. The minimum absolute atomic E-state index is 0.114. The molecule has 2 heterocycles. The number of hydrogen-bond donors (Lipinski definition) is 1. The van der Waals surface area contributed by atoms with Crippen LogP contribution in [0.1, 0.15) is 5.56 Å². The maximum atomic E-state index is 12.8. The van der Waals surface area contributed by atoms with Crippen LogP contribution in [-0.2, 0) is 7.05 Å². The van der Waals surface area contributed by atoms with E-state index < -0.39 is 0 Å². The van der Waals surface area contributed by atoms with Crippen LogP contribution in [0.3, 0.4) is 0 Å². The molecule has 0 fully saturated rings. The standard InChI is InChI=1S/C16H13ClN4O/c1-3-9-11-8-19-16(18)20-14(11)21(2)15(22)13(9)10-6-4-5-7-12(10)17/h3-8H,1H2,2H3,(H2,18,19,20). The number of rotatable bonds is 2. The summed E-state index contributed by atoms with van der Waals surface area (Å²) in [6, 6.07) is 7.19. The van der Waals surface area contributed by atoms with Crippen LogP contribution < -0.4 is 11.3 Å². The van der Waals surface area contributed by atoms with E-state index in [9.17, 15) is 4.79 Å². The average molecular weight is 313 g/mol. The Morgan fingerprint density at radius 2 is 2.09 bits per heavy atom. The Kier molecular flexibility index (Phi) is 3.42. The van der Waals surface area contributed by atoms with Crippen molar-refractivity contribution in [2.24, 2.45) is 7.05 Å². The van der Waals surface area contributed by atoms with Crippen LogP contribution in [0.2, 0.25) is 5.02 Å². The molecule has 0 amide bonds. The van der Waals surface area contributed by atoms with Crippen LogP contribution in [0.4, 0.5) is 5.95 Å².